The quantitative estimate of drug-likeness (QED) is 0.886. The number of benzene rings is 2. The van der Waals surface area contributed by atoms with Crippen LogP contribution < -0.4 is 11.1 Å². The maximum Gasteiger partial charge on any atom is 0.244 e. The van der Waals surface area contributed by atoms with Crippen molar-refractivity contribution >= 4 is 11.6 Å². The van der Waals surface area contributed by atoms with Crippen LogP contribution in [0.3, 0.4) is 0 Å². The van der Waals surface area contributed by atoms with E-state index in [4.69, 9.17) is 5.73 Å². The van der Waals surface area contributed by atoms with Crippen LogP contribution >= 0.6 is 0 Å². The van der Waals surface area contributed by atoms with Crippen LogP contribution in [0.25, 0.3) is 0 Å². The fourth-order valence-electron chi connectivity index (χ4n) is 1.81. The molecule has 0 heterocycles. The van der Waals surface area contributed by atoms with E-state index in [1.165, 1.54) is 6.07 Å². The normalized spacial score (nSPS) is 11.9. The van der Waals surface area contributed by atoms with Crippen LogP contribution in [0.2, 0.25) is 0 Å². The van der Waals surface area contributed by atoms with Gasteiger partial charge in [0.1, 0.15) is 11.9 Å². The largest absolute Gasteiger partial charge is 0.368 e. The summed E-state index contributed by atoms with van der Waals surface area (Å²) in [6.45, 7) is 1.95. The van der Waals surface area contributed by atoms with Crippen molar-refractivity contribution < 1.29 is 9.18 Å². The lowest BCUT2D eigenvalue weighted by Crippen LogP contribution is -2.28. The monoisotopic (exact) mass is 258 g/mol. The van der Waals surface area contributed by atoms with Crippen molar-refractivity contribution in [3.8, 4) is 0 Å². The van der Waals surface area contributed by atoms with Crippen LogP contribution in [0, 0.1) is 12.7 Å². The molecule has 0 bridgehead atoms. The summed E-state index contributed by atoms with van der Waals surface area (Å²) in [5.74, 6) is -0.965. The fraction of sp³-hybridized carbons (Fsp3) is 0.133. The van der Waals surface area contributed by atoms with Gasteiger partial charge in [-0.25, -0.2) is 4.39 Å². The highest BCUT2D eigenvalue weighted by Crippen LogP contribution is 2.22. The maximum atomic E-state index is 13.6. The number of primary amides is 1. The van der Waals surface area contributed by atoms with Gasteiger partial charge in [0.2, 0.25) is 5.91 Å². The summed E-state index contributed by atoms with van der Waals surface area (Å²) in [4.78, 5) is 11.5. The highest BCUT2D eigenvalue weighted by molar-refractivity contribution is 5.84. The van der Waals surface area contributed by atoms with E-state index in [0.29, 0.717) is 5.56 Å². The van der Waals surface area contributed by atoms with Crippen molar-refractivity contribution in [2.75, 3.05) is 5.32 Å². The molecule has 0 aliphatic heterocycles. The predicted octanol–water partition coefficient (Wildman–Crippen LogP) is 2.77. The summed E-state index contributed by atoms with van der Waals surface area (Å²) >= 11 is 0. The average molecular weight is 258 g/mol. The molecule has 2 rings (SSSR count). The number of para-hydroxylation sites is 1. The van der Waals surface area contributed by atoms with E-state index in [0.717, 1.165) is 5.56 Å². The number of hydrogen-bond donors (Lipinski definition) is 2. The number of anilines is 1. The number of hydrogen-bond acceptors (Lipinski definition) is 2. The SMILES string of the molecule is Cc1ccc(C(Nc2ccccc2F)C(N)=O)cc1. The molecule has 0 spiro atoms. The predicted molar refractivity (Wildman–Crippen MR) is 73.1 cm³/mol. The third-order valence-corrected chi connectivity index (χ3v) is 2.87. The second kappa shape index (κ2) is 5.52. The number of nitrogens with one attached hydrogen (secondary N) is 1. The lowest BCUT2D eigenvalue weighted by molar-refractivity contribution is -0.118. The van der Waals surface area contributed by atoms with E-state index in [-0.39, 0.29) is 5.69 Å². The lowest BCUT2D eigenvalue weighted by Gasteiger charge is -2.17. The van der Waals surface area contributed by atoms with Gasteiger partial charge in [0.25, 0.3) is 0 Å². The molecular formula is C15H15FN2O. The van der Waals surface area contributed by atoms with E-state index in [1.807, 2.05) is 19.1 Å². The molecule has 0 radical (unpaired) electrons. The van der Waals surface area contributed by atoms with Gasteiger partial charge >= 0.3 is 0 Å². The minimum absolute atomic E-state index is 0.256. The van der Waals surface area contributed by atoms with E-state index in [9.17, 15) is 9.18 Å². The van der Waals surface area contributed by atoms with Gasteiger partial charge < -0.3 is 11.1 Å². The van der Waals surface area contributed by atoms with Gasteiger partial charge in [0.15, 0.2) is 0 Å². The Hall–Kier alpha value is -2.36. The number of halogens is 1. The Labute approximate surface area is 111 Å². The van der Waals surface area contributed by atoms with E-state index in [2.05, 4.69) is 5.32 Å². The van der Waals surface area contributed by atoms with Gasteiger partial charge in [0, 0.05) is 0 Å². The number of rotatable bonds is 4. The molecule has 2 aromatic carbocycles. The highest BCUT2D eigenvalue weighted by Gasteiger charge is 2.18. The second-order valence-electron chi connectivity index (χ2n) is 4.37. The zero-order valence-electron chi connectivity index (χ0n) is 10.6. The van der Waals surface area contributed by atoms with Crippen LogP contribution in [0.4, 0.5) is 10.1 Å². The highest BCUT2D eigenvalue weighted by atomic mass is 19.1. The van der Waals surface area contributed by atoms with Crippen LogP contribution in [0.5, 0.6) is 0 Å². The zero-order valence-corrected chi connectivity index (χ0v) is 10.6. The van der Waals surface area contributed by atoms with Crippen molar-refractivity contribution in [3.63, 3.8) is 0 Å². The number of carbonyl (C=O) groups excluding carboxylic acids is 1. The van der Waals surface area contributed by atoms with Crippen LogP contribution in [0.1, 0.15) is 17.2 Å². The average Bonchev–Trinajstić information content (AvgIpc) is 2.39. The van der Waals surface area contributed by atoms with Crippen molar-refractivity contribution in [1.29, 1.82) is 0 Å². The summed E-state index contributed by atoms with van der Waals surface area (Å²) in [5.41, 5.74) is 7.43. The first-order valence-electron chi connectivity index (χ1n) is 5.95. The first kappa shape index (κ1) is 13.1. The topological polar surface area (TPSA) is 55.1 Å². The van der Waals surface area contributed by atoms with Crippen LogP contribution in [-0.2, 0) is 4.79 Å². The summed E-state index contributed by atoms with van der Waals surface area (Å²) in [5, 5.41) is 2.83. The molecular weight excluding hydrogens is 243 g/mol. The van der Waals surface area contributed by atoms with Crippen molar-refractivity contribution in [2.24, 2.45) is 5.73 Å². The molecule has 98 valence electrons. The number of carbonyl (C=O) groups is 1. The third-order valence-electron chi connectivity index (χ3n) is 2.87. The minimum Gasteiger partial charge on any atom is -0.368 e. The molecule has 4 heteroatoms. The fourth-order valence-corrected chi connectivity index (χ4v) is 1.81. The van der Waals surface area contributed by atoms with Gasteiger partial charge in [-0.15, -0.1) is 0 Å². The third kappa shape index (κ3) is 3.10. The Kier molecular flexibility index (Phi) is 3.80. The molecule has 0 saturated carbocycles. The van der Waals surface area contributed by atoms with Gasteiger partial charge in [-0.05, 0) is 24.6 Å². The Morgan fingerprint density at radius 1 is 1.16 bits per heavy atom. The molecule has 1 unspecified atom stereocenters. The van der Waals surface area contributed by atoms with Crippen molar-refractivity contribution in [1.82, 2.24) is 0 Å². The Morgan fingerprint density at radius 2 is 1.79 bits per heavy atom. The Bertz CT molecular complexity index is 581. The summed E-state index contributed by atoms with van der Waals surface area (Å²) in [6.07, 6.45) is 0. The molecule has 0 saturated heterocycles. The van der Waals surface area contributed by atoms with Crippen molar-refractivity contribution in [3.05, 3.63) is 65.5 Å². The van der Waals surface area contributed by atoms with Crippen molar-refractivity contribution in [2.45, 2.75) is 13.0 Å². The van der Waals surface area contributed by atoms with Crippen LogP contribution in [-0.4, -0.2) is 5.91 Å². The van der Waals surface area contributed by atoms with E-state index in [1.54, 1.807) is 30.3 Å². The molecule has 0 aromatic heterocycles. The van der Waals surface area contributed by atoms with Gasteiger partial charge in [-0.2, -0.15) is 0 Å². The molecule has 2 aromatic rings. The number of aryl methyl sites for hydroxylation is 1. The molecule has 1 atom stereocenters. The summed E-state index contributed by atoms with van der Waals surface area (Å²) in [6, 6.07) is 12.8. The molecule has 1 amide bonds. The summed E-state index contributed by atoms with van der Waals surface area (Å²) in [7, 11) is 0. The van der Waals surface area contributed by atoms with Gasteiger partial charge in [0.05, 0.1) is 5.69 Å². The first-order valence-corrected chi connectivity index (χ1v) is 5.95. The molecule has 3 nitrogen and oxygen atoms in total. The van der Waals surface area contributed by atoms with Crippen LogP contribution in [0.15, 0.2) is 48.5 Å². The molecule has 0 aliphatic rings. The lowest BCUT2D eigenvalue weighted by atomic mass is 10.0. The van der Waals surface area contributed by atoms with E-state index < -0.39 is 17.8 Å². The Balaban J connectivity index is 2.29. The second-order valence-corrected chi connectivity index (χ2v) is 4.37. The first-order chi connectivity index (χ1) is 9.08. The molecule has 3 N–H and O–H groups in total. The maximum absolute atomic E-state index is 13.6. The molecule has 0 aliphatic carbocycles. The minimum atomic E-state index is -0.752. The molecule has 0 fully saturated rings. The smallest absolute Gasteiger partial charge is 0.244 e. The summed E-state index contributed by atoms with van der Waals surface area (Å²) < 4.78 is 13.6. The zero-order chi connectivity index (χ0) is 13.8. The Morgan fingerprint density at radius 3 is 2.37 bits per heavy atom. The van der Waals surface area contributed by atoms with Gasteiger partial charge in [-0.1, -0.05) is 42.0 Å². The number of amides is 1. The standard InChI is InChI=1S/C15H15FN2O/c1-10-6-8-11(9-7-10)14(15(17)19)18-13-5-3-2-4-12(13)16/h2-9,14,18H,1H3,(H2,17,19). The number of nitrogens with two attached hydrogens (primary N) is 1. The van der Waals surface area contributed by atoms with Gasteiger partial charge in [-0.3, -0.25) is 4.79 Å². The molecule has 19 heavy (non-hydrogen) atoms. The van der Waals surface area contributed by atoms with E-state index >= 15 is 0 Å².